The number of nitrogens with one attached hydrogen (secondary N) is 1. The van der Waals surface area contributed by atoms with E-state index in [9.17, 15) is 8.42 Å². The molecule has 4 aromatic rings. The van der Waals surface area contributed by atoms with Crippen molar-refractivity contribution in [3.8, 4) is 11.3 Å². The van der Waals surface area contributed by atoms with E-state index in [-0.39, 0.29) is 10.0 Å². The van der Waals surface area contributed by atoms with Crippen molar-refractivity contribution in [2.45, 2.75) is 4.90 Å². The van der Waals surface area contributed by atoms with Crippen molar-refractivity contribution in [1.82, 2.24) is 14.6 Å². The fraction of sp³-hybridized carbons (Fsp3) is 0. The molecule has 0 spiro atoms. The number of sulfonamides is 1. The number of rotatable bonds is 4. The standard InChI is InChI=1S/C16H10Cl2N4O2S2/c17-11-3-1-10(2-4-11)14-9-22-16(19-14)25-15(20-22)21-26(23,24)13-7-5-12(18)6-8-13/h1-9H,(H,20,21). The number of imidazole rings is 1. The van der Waals surface area contributed by atoms with Gasteiger partial charge in [-0.25, -0.2) is 17.9 Å². The van der Waals surface area contributed by atoms with Crippen LogP contribution >= 0.6 is 34.5 Å². The lowest BCUT2D eigenvalue weighted by Gasteiger charge is -2.04. The summed E-state index contributed by atoms with van der Waals surface area (Å²) in [6.45, 7) is 0. The van der Waals surface area contributed by atoms with Gasteiger partial charge in [-0.3, -0.25) is 4.72 Å². The molecule has 0 aliphatic heterocycles. The van der Waals surface area contributed by atoms with Crippen molar-refractivity contribution in [2.24, 2.45) is 0 Å². The fourth-order valence-corrected chi connectivity index (χ4v) is 4.55. The monoisotopic (exact) mass is 424 g/mol. The lowest BCUT2D eigenvalue weighted by molar-refractivity contribution is 0.601. The molecule has 0 unspecified atom stereocenters. The molecule has 132 valence electrons. The highest BCUT2D eigenvalue weighted by molar-refractivity contribution is 7.93. The number of aromatic nitrogens is 3. The van der Waals surface area contributed by atoms with Gasteiger partial charge in [0.1, 0.15) is 0 Å². The molecule has 0 fully saturated rings. The first kappa shape index (κ1) is 17.3. The zero-order valence-electron chi connectivity index (χ0n) is 12.9. The van der Waals surface area contributed by atoms with E-state index < -0.39 is 10.0 Å². The van der Waals surface area contributed by atoms with Crippen LogP contribution in [0.25, 0.3) is 16.2 Å². The number of halogens is 2. The average molecular weight is 425 g/mol. The van der Waals surface area contributed by atoms with Crippen molar-refractivity contribution in [2.75, 3.05) is 4.72 Å². The van der Waals surface area contributed by atoms with Crippen LogP contribution in [0.4, 0.5) is 5.13 Å². The van der Waals surface area contributed by atoms with E-state index >= 15 is 0 Å². The van der Waals surface area contributed by atoms with Crippen molar-refractivity contribution < 1.29 is 8.42 Å². The van der Waals surface area contributed by atoms with E-state index in [2.05, 4.69) is 14.8 Å². The molecule has 2 heterocycles. The molecule has 0 amide bonds. The lowest BCUT2D eigenvalue weighted by atomic mass is 10.2. The predicted molar refractivity (Wildman–Crippen MR) is 104 cm³/mol. The molecule has 1 N–H and O–H groups in total. The van der Waals surface area contributed by atoms with E-state index in [0.717, 1.165) is 22.6 Å². The number of benzene rings is 2. The van der Waals surface area contributed by atoms with Gasteiger partial charge in [0.2, 0.25) is 10.1 Å². The molecule has 0 saturated heterocycles. The molecule has 0 radical (unpaired) electrons. The van der Waals surface area contributed by atoms with Crippen molar-refractivity contribution in [3.63, 3.8) is 0 Å². The maximum Gasteiger partial charge on any atom is 0.263 e. The number of anilines is 1. The predicted octanol–water partition coefficient (Wildman–Crippen LogP) is 4.57. The smallest absolute Gasteiger partial charge is 0.253 e. The molecular weight excluding hydrogens is 415 g/mol. The summed E-state index contributed by atoms with van der Waals surface area (Å²) in [7, 11) is -3.74. The van der Waals surface area contributed by atoms with Crippen LogP contribution in [0.3, 0.4) is 0 Å². The summed E-state index contributed by atoms with van der Waals surface area (Å²) < 4.78 is 28.8. The lowest BCUT2D eigenvalue weighted by Crippen LogP contribution is -2.12. The number of fused-ring (bicyclic) bond motifs is 1. The molecule has 0 aliphatic carbocycles. The van der Waals surface area contributed by atoms with Crippen LogP contribution in [0.2, 0.25) is 10.0 Å². The quantitative estimate of drug-likeness (QED) is 0.520. The number of hydrogen-bond donors (Lipinski definition) is 1. The first-order valence-corrected chi connectivity index (χ1v) is 10.4. The molecule has 6 nitrogen and oxygen atoms in total. The summed E-state index contributed by atoms with van der Waals surface area (Å²) in [5.74, 6) is 0. The maximum absolute atomic E-state index is 12.4. The second-order valence-electron chi connectivity index (χ2n) is 5.33. The average Bonchev–Trinajstić information content (AvgIpc) is 3.14. The molecule has 26 heavy (non-hydrogen) atoms. The largest absolute Gasteiger partial charge is 0.263 e. The normalized spacial score (nSPS) is 11.8. The highest BCUT2D eigenvalue weighted by Crippen LogP contribution is 2.27. The molecule has 0 aliphatic rings. The summed E-state index contributed by atoms with van der Waals surface area (Å²) in [5, 5.41) is 5.57. The Labute approximate surface area is 163 Å². The third kappa shape index (κ3) is 3.41. The topological polar surface area (TPSA) is 76.4 Å². The van der Waals surface area contributed by atoms with Gasteiger partial charge in [0, 0.05) is 15.6 Å². The van der Waals surface area contributed by atoms with Gasteiger partial charge in [0.25, 0.3) is 10.0 Å². The van der Waals surface area contributed by atoms with Gasteiger partial charge in [0.05, 0.1) is 16.8 Å². The van der Waals surface area contributed by atoms with Gasteiger partial charge in [-0.1, -0.05) is 46.7 Å². The second kappa shape index (κ2) is 6.55. The number of hydrogen-bond acceptors (Lipinski definition) is 5. The van der Waals surface area contributed by atoms with E-state index in [1.807, 2.05) is 12.1 Å². The third-order valence-electron chi connectivity index (χ3n) is 3.53. The molecule has 0 atom stereocenters. The van der Waals surface area contributed by atoms with Gasteiger partial charge in [-0.05, 0) is 36.4 Å². The minimum Gasteiger partial charge on any atom is -0.253 e. The molecule has 0 bridgehead atoms. The molecular formula is C16H10Cl2N4O2S2. The molecule has 4 rings (SSSR count). The molecule has 2 aromatic heterocycles. The van der Waals surface area contributed by atoms with Gasteiger partial charge in [-0.2, -0.15) is 0 Å². The van der Waals surface area contributed by atoms with Gasteiger partial charge < -0.3 is 0 Å². The summed E-state index contributed by atoms with van der Waals surface area (Å²) in [6.07, 6.45) is 1.73. The highest BCUT2D eigenvalue weighted by atomic mass is 35.5. The van der Waals surface area contributed by atoms with Gasteiger partial charge in [-0.15, -0.1) is 5.10 Å². The Balaban J connectivity index is 1.61. The number of nitrogens with zero attached hydrogens (tertiary/aromatic N) is 3. The van der Waals surface area contributed by atoms with Gasteiger partial charge in [0.15, 0.2) is 0 Å². The molecule has 2 aromatic carbocycles. The Morgan fingerprint density at radius 3 is 2.19 bits per heavy atom. The Hall–Kier alpha value is -2.13. The maximum atomic E-state index is 12.4. The zero-order chi connectivity index (χ0) is 18.3. The zero-order valence-corrected chi connectivity index (χ0v) is 16.1. The van der Waals surface area contributed by atoms with E-state index in [1.165, 1.54) is 28.8 Å². The van der Waals surface area contributed by atoms with Crippen molar-refractivity contribution in [1.29, 1.82) is 0 Å². The van der Waals surface area contributed by atoms with Crippen LogP contribution in [0.15, 0.2) is 59.6 Å². The van der Waals surface area contributed by atoms with Crippen LogP contribution in [-0.4, -0.2) is 23.0 Å². The highest BCUT2D eigenvalue weighted by Gasteiger charge is 2.18. The molecule has 10 heteroatoms. The van der Waals surface area contributed by atoms with E-state index in [1.54, 1.807) is 18.3 Å². The SMILES string of the molecule is O=S(=O)(Nc1nn2cc(-c3ccc(Cl)cc3)nc2s1)c1ccc(Cl)cc1. The summed E-state index contributed by atoms with van der Waals surface area (Å²) in [4.78, 5) is 5.15. The van der Waals surface area contributed by atoms with Crippen LogP contribution in [0.1, 0.15) is 0 Å². The Kier molecular flexibility index (Phi) is 4.36. The minimum absolute atomic E-state index is 0.108. The second-order valence-corrected chi connectivity index (χ2v) is 8.84. The summed E-state index contributed by atoms with van der Waals surface area (Å²) >= 11 is 12.8. The Bertz CT molecular complexity index is 1150. The van der Waals surface area contributed by atoms with Gasteiger partial charge >= 0.3 is 0 Å². The summed E-state index contributed by atoms with van der Waals surface area (Å²) in [5.41, 5.74) is 1.63. The minimum atomic E-state index is -3.74. The Morgan fingerprint density at radius 2 is 1.58 bits per heavy atom. The van der Waals surface area contributed by atoms with Crippen LogP contribution in [0.5, 0.6) is 0 Å². The summed E-state index contributed by atoms with van der Waals surface area (Å²) in [6, 6.07) is 13.2. The van der Waals surface area contributed by atoms with Crippen LogP contribution in [-0.2, 0) is 10.0 Å². The van der Waals surface area contributed by atoms with E-state index in [4.69, 9.17) is 23.2 Å². The first-order chi connectivity index (χ1) is 12.4. The Morgan fingerprint density at radius 1 is 0.962 bits per heavy atom. The first-order valence-electron chi connectivity index (χ1n) is 7.31. The van der Waals surface area contributed by atoms with Crippen LogP contribution < -0.4 is 4.72 Å². The van der Waals surface area contributed by atoms with Crippen molar-refractivity contribution >= 4 is 54.7 Å². The van der Waals surface area contributed by atoms with E-state index in [0.29, 0.717) is 15.0 Å². The van der Waals surface area contributed by atoms with Crippen LogP contribution in [0, 0.1) is 0 Å². The fourth-order valence-electron chi connectivity index (χ4n) is 2.29. The molecule has 0 saturated carbocycles. The van der Waals surface area contributed by atoms with Crippen molar-refractivity contribution in [3.05, 3.63) is 64.8 Å². The third-order valence-corrected chi connectivity index (χ3v) is 6.35.